The summed E-state index contributed by atoms with van der Waals surface area (Å²) in [7, 11) is 1.63. The van der Waals surface area contributed by atoms with Crippen LogP contribution >= 0.6 is 0 Å². The number of carbonyl (C=O) groups is 2. The smallest absolute Gasteiger partial charge is 0.243 e. The number of benzene rings is 1. The Bertz CT molecular complexity index is 513. The second kappa shape index (κ2) is 6.34. The van der Waals surface area contributed by atoms with E-state index in [1.165, 1.54) is 4.90 Å². The topological polar surface area (TPSA) is 75.4 Å². The number of anilines is 1. The van der Waals surface area contributed by atoms with Crippen molar-refractivity contribution in [3.8, 4) is 0 Å². The van der Waals surface area contributed by atoms with Gasteiger partial charge >= 0.3 is 0 Å². The maximum Gasteiger partial charge on any atom is 0.243 e. The zero-order valence-corrected chi connectivity index (χ0v) is 11.5. The summed E-state index contributed by atoms with van der Waals surface area (Å²) in [5.41, 5.74) is 6.45. The molecule has 0 saturated carbocycles. The second-order valence-corrected chi connectivity index (χ2v) is 5.00. The van der Waals surface area contributed by atoms with Crippen LogP contribution in [0.15, 0.2) is 42.5 Å². The Hall–Kier alpha value is -2.14. The number of hydrogen-bond donors (Lipinski definition) is 2. The monoisotopic (exact) mass is 273 g/mol. The van der Waals surface area contributed by atoms with Crippen LogP contribution in [0.1, 0.15) is 6.42 Å². The van der Waals surface area contributed by atoms with E-state index in [0.717, 1.165) is 5.69 Å². The van der Waals surface area contributed by atoms with Gasteiger partial charge in [-0.25, -0.2) is 0 Å². The van der Waals surface area contributed by atoms with Crippen LogP contribution in [-0.4, -0.2) is 36.3 Å². The molecule has 2 atom stereocenters. The average molecular weight is 273 g/mol. The zero-order valence-electron chi connectivity index (χ0n) is 11.5. The van der Waals surface area contributed by atoms with Crippen LogP contribution in [0.4, 0.5) is 5.69 Å². The summed E-state index contributed by atoms with van der Waals surface area (Å²) in [6.45, 7) is 0.0350. The molecule has 0 aliphatic heterocycles. The van der Waals surface area contributed by atoms with Crippen LogP contribution in [0.3, 0.4) is 0 Å². The van der Waals surface area contributed by atoms with Crippen LogP contribution in [0.2, 0.25) is 0 Å². The molecule has 0 aromatic heterocycles. The Kier molecular flexibility index (Phi) is 4.53. The van der Waals surface area contributed by atoms with E-state index in [4.69, 9.17) is 5.73 Å². The van der Waals surface area contributed by atoms with Crippen LogP contribution in [0, 0.1) is 5.92 Å². The molecule has 106 valence electrons. The van der Waals surface area contributed by atoms with Gasteiger partial charge < -0.3 is 16.0 Å². The first-order chi connectivity index (χ1) is 9.56. The second-order valence-electron chi connectivity index (χ2n) is 5.00. The molecule has 5 nitrogen and oxygen atoms in total. The number of rotatable bonds is 4. The maximum absolute atomic E-state index is 12.1. The largest absolute Gasteiger partial charge is 0.336 e. The Balaban J connectivity index is 1.85. The Labute approximate surface area is 118 Å². The minimum Gasteiger partial charge on any atom is -0.336 e. The lowest BCUT2D eigenvalue weighted by Gasteiger charge is -2.20. The molecule has 0 radical (unpaired) electrons. The predicted molar refractivity (Wildman–Crippen MR) is 77.9 cm³/mol. The molecule has 0 fully saturated rings. The molecule has 1 aromatic rings. The van der Waals surface area contributed by atoms with E-state index in [1.54, 1.807) is 19.2 Å². The zero-order chi connectivity index (χ0) is 14.5. The molecule has 2 rings (SSSR count). The molecule has 2 unspecified atom stereocenters. The highest BCUT2D eigenvalue weighted by Gasteiger charge is 2.26. The minimum absolute atomic E-state index is 0.0350. The highest BCUT2D eigenvalue weighted by molar-refractivity contribution is 5.95. The van der Waals surface area contributed by atoms with Gasteiger partial charge in [-0.1, -0.05) is 30.4 Å². The summed E-state index contributed by atoms with van der Waals surface area (Å²) in [6, 6.07) is 9.11. The van der Waals surface area contributed by atoms with E-state index in [-0.39, 0.29) is 30.3 Å². The van der Waals surface area contributed by atoms with Gasteiger partial charge in [-0.3, -0.25) is 9.59 Å². The summed E-state index contributed by atoms with van der Waals surface area (Å²) in [4.78, 5) is 25.4. The molecule has 1 aliphatic carbocycles. The quantitative estimate of drug-likeness (QED) is 0.803. The van der Waals surface area contributed by atoms with Crippen molar-refractivity contribution in [2.75, 3.05) is 18.9 Å². The van der Waals surface area contributed by atoms with Gasteiger partial charge in [0.25, 0.3) is 0 Å². The third kappa shape index (κ3) is 3.68. The van der Waals surface area contributed by atoms with Gasteiger partial charge in [0.2, 0.25) is 11.8 Å². The van der Waals surface area contributed by atoms with Gasteiger partial charge in [-0.05, 0) is 18.6 Å². The van der Waals surface area contributed by atoms with Crippen LogP contribution < -0.4 is 11.1 Å². The average Bonchev–Trinajstić information content (AvgIpc) is 2.85. The molecular formula is C15H19N3O2. The van der Waals surface area contributed by atoms with Gasteiger partial charge in [-0.2, -0.15) is 0 Å². The van der Waals surface area contributed by atoms with Gasteiger partial charge in [0.1, 0.15) is 0 Å². The normalized spacial score (nSPS) is 20.7. The fourth-order valence-electron chi connectivity index (χ4n) is 2.21. The van der Waals surface area contributed by atoms with Crippen molar-refractivity contribution in [3.05, 3.63) is 42.5 Å². The lowest BCUT2D eigenvalue weighted by atomic mass is 10.1. The summed E-state index contributed by atoms with van der Waals surface area (Å²) in [5, 5.41) is 2.75. The highest BCUT2D eigenvalue weighted by Crippen LogP contribution is 2.18. The molecule has 3 N–H and O–H groups in total. The van der Waals surface area contributed by atoms with E-state index >= 15 is 0 Å². The summed E-state index contributed by atoms with van der Waals surface area (Å²) < 4.78 is 0. The molecule has 20 heavy (non-hydrogen) atoms. The SMILES string of the molecule is CN(CC(=O)Nc1ccccc1)C(=O)C1C=CC(N)C1. The fourth-order valence-corrected chi connectivity index (χ4v) is 2.21. The van der Waals surface area contributed by atoms with E-state index in [0.29, 0.717) is 6.42 Å². The first-order valence-corrected chi connectivity index (χ1v) is 6.60. The number of nitrogens with zero attached hydrogens (tertiary/aromatic N) is 1. The fraction of sp³-hybridized carbons (Fsp3) is 0.333. The van der Waals surface area contributed by atoms with Crippen molar-refractivity contribution >= 4 is 17.5 Å². The van der Waals surface area contributed by atoms with Crippen LogP contribution in [0.5, 0.6) is 0 Å². The van der Waals surface area contributed by atoms with Crippen molar-refractivity contribution in [1.29, 1.82) is 0 Å². The lowest BCUT2D eigenvalue weighted by molar-refractivity contribution is -0.135. The van der Waals surface area contributed by atoms with Crippen molar-refractivity contribution < 1.29 is 9.59 Å². The van der Waals surface area contributed by atoms with E-state index in [9.17, 15) is 9.59 Å². The van der Waals surface area contributed by atoms with Crippen molar-refractivity contribution in [3.63, 3.8) is 0 Å². The maximum atomic E-state index is 12.1. The number of para-hydroxylation sites is 1. The number of nitrogens with two attached hydrogens (primary N) is 1. The molecule has 5 heteroatoms. The molecule has 0 saturated heterocycles. The van der Waals surface area contributed by atoms with Crippen LogP contribution in [-0.2, 0) is 9.59 Å². The first kappa shape index (κ1) is 14.3. The van der Waals surface area contributed by atoms with Crippen molar-refractivity contribution in [1.82, 2.24) is 4.90 Å². The van der Waals surface area contributed by atoms with Crippen molar-refractivity contribution in [2.45, 2.75) is 12.5 Å². The van der Waals surface area contributed by atoms with Gasteiger partial charge in [0.05, 0.1) is 12.5 Å². The third-order valence-electron chi connectivity index (χ3n) is 3.25. The van der Waals surface area contributed by atoms with Gasteiger partial charge in [0.15, 0.2) is 0 Å². The Morgan fingerprint density at radius 1 is 1.30 bits per heavy atom. The standard InChI is InChI=1S/C15H19N3O2/c1-18(15(20)11-7-8-12(16)9-11)10-14(19)17-13-5-3-2-4-6-13/h2-8,11-12H,9-10,16H2,1H3,(H,17,19). The van der Waals surface area contributed by atoms with Gasteiger partial charge in [0, 0.05) is 18.8 Å². The molecule has 0 heterocycles. The number of hydrogen-bond acceptors (Lipinski definition) is 3. The summed E-state index contributed by atoms with van der Waals surface area (Å²) in [6.07, 6.45) is 4.27. The van der Waals surface area contributed by atoms with E-state index < -0.39 is 0 Å². The number of likely N-dealkylation sites (N-methyl/N-ethyl adjacent to an activating group) is 1. The Morgan fingerprint density at radius 3 is 2.60 bits per heavy atom. The summed E-state index contributed by atoms with van der Waals surface area (Å²) in [5.74, 6) is -0.490. The lowest BCUT2D eigenvalue weighted by Crippen LogP contribution is -2.38. The molecule has 2 amide bonds. The van der Waals surface area contributed by atoms with Gasteiger partial charge in [-0.15, -0.1) is 0 Å². The van der Waals surface area contributed by atoms with Crippen molar-refractivity contribution in [2.24, 2.45) is 11.7 Å². The number of amides is 2. The predicted octanol–water partition coefficient (Wildman–Crippen LogP) is 0.987. The Morgan fingerprint density at radius 2 is 2.00 bits per heavy atom. The summed E-state index contributed by atoms with van der Waals surface area (Å²) >= 11 is 0. The van der Waals surface area contributed by atoms with Crippen LogP contribution in [0.25, 0.3) is 0 Å². The highest BCUT2D eigenvalue weighted by atomic mass is 16.2. The molecule has 0 spiro atoms. The number of carbonyl (C=O) groups excluding carboxylic acids is 2. The molecular weight excluding hydrogens is 254 g/mol. The number of nitrogens with one attached hydrogen (secondary N) is 1. The molecule has 0 bridgehead atoms. The molecule has 1 aromatic carbocycles. The minimum atomic E-state index is -0.210. The third-order valence-corrected chi connectivity index (χ3v) is 3.25. The van der Waals surface area contributed by atoms with E-state index in [1.807, 2.05) is 30.4 Å². The van der Waals surface area contributed by atoms with E-state index in [2.05, 4.69) is 5.32 Å². The molecule has 1 aliphatic rings. The first-order valence-electron chi connectivity index (χ1n) is 6.60.